The van der Waals surface area contributed by atoms with Gasteiger partial charge in [0.1, 0.15) is 0 Å². The molecule has 0 aliphatic carbocycles. The molecule has 0 bridgehead atoms. The van der Waals surface area contributed by atoms with Crippen LogP contribution in [-0.2, 0) is 14.6 Å². The maximum absolute atomic E-state index is 11.7. The van der Waals surface area contributed by atoms with Crippen molar-refractivity contribution in [3.8, 4) is 0 Å². The molecule has 2 unspecified atom stereocenters. The summed E-state index contributed by atoms with van der Waals surface area (Å²) < 4.78 is 23.4. The molecule has 6 heteroatoms. The Kier molecular flexibility index (Phi) is 6.95. The molecular formula is C14H27NO4S. The number of aliphatic carboxylic acids is 1. The predicted octanol–water partition coefficient (Wildman–Crippen LogP) is 1.78. The van der Waals surface area contributed by atoms with E-state index in [0.29, 0.717) is 12.5 Å². The number of sulfone groups is 1. The SMILES string of the molecule is CCCCC(CC)CN1CCS(=O)(=O)CC1CC(=O)O. The molecule has 1 saturated heterocycles. The largest absolute Gasteiger partial charge is 0.481 e. The van der Waals surface area contributed by atoms with Crippen LogP contribution in [0.2, 0.25) is 0 Å². The van der Waals surface area contributed by atoms with Crippen LogP contribution >= 0.6 is 0 Å². The first-order chi connectivity index (χ1) is 9.38. The number of hydrogen-bond donors (Lipinski definition) is 1. The molecule has 1 aliphatic heterocycles. The highest BCUT2D eigenvalue weighted by Gasteiger charge is 2.33. The lowest BCUT2D eigenvalue weighted by Gasteiger charge is -2.36. The molecule has 0 saturated carbocycles. The van der Waals surface area contributed by atoms with Crippen molar-refractivity contribution in [3.63, 3.8) is 0 Å². The quantitative estimate of drug-likeness (QED) is 0.740. The van der Waals surface area contributed by atoms with Crippen molar-refractivity contribution in [3.05, 3.63) is 0 Å². The van der Waals surface area contributed by atoms with Crippen LogP contribution in [0.15, 0.2) is 0 Å². The van der Waals surface area contributed by atoms with Crippen molar-refractivity contribution in [2.45, 2.75) is 52.0 Å². The minimum atomic E-state index is -3.07. The van der Waals surface area contributed by atoms with Gasteiger partial charge in [-0.1, -0.05) is 33.1 Å². The first-order valence-electron chi connectivity index (χ1n) is 7.54. The standard InChI is InChI=1S/C14H27NO4S/c1-3-5-6-12(4-2)10-15-7-8-20(18,19)11-13(15)9-14(16)17/h12-13H,3-11H2,1-2H3,(H,16,17). The van der Waals surface area contributed by atoms with E-state index in [1.54, 1.807) is 0 Å². The molecule has 0 radical (unpaired) electrons. The minimum absolute atomic E-state index is 0.0104. The lowest BCUT2D eigenvalue weighted by Crippen LogP contribution is -2.50. The highest BCUT2D eigenvalue weighted by molar-refractivity contribution is 7.91. The summed E-state index contributed by atoms with van der Waals surface area (Å²) >= 11 is 0. The molecule has 1 aliphatic rings. The maximum Gasteiger partial charge on any atom is 0.304 e. The average Bonchev–Trinajstić information content (AvgIpc) is 2.35. The van der Waals surface area contributed by atoms with E-state index in [2.05, 4.69) is 18.7 Å². The van der Waals surface area contributed by atoms with Crippen LogP contribution in [0, 0.1) is 5.92 Å². The Morgan fingerprint density at radius 3 is 2.65 bits per heavy atom. The van der Waals surface area contributed by atoms with Crippen molar-refractivity contribution < 1.29 is 18.3 Å². The third-order valence-electron chi connectivity index (χ3n) is 4.10. The number of carboxylic acid groups (broad SMARTS) is 1. The third-order valence-corrected chi connectivity index (χ3v) is 5.80. The van der Waals surface area contributed by atoms with Gasteiger partial charge in [0, 0.05) is 19.1 Å². The monoisotopic (exact) mass is 305 g/mol. The van der Waals surface area contributed by atoms with E-state index >= 15 is 0 Å². The summed E-state index contributed by atoms with van der Waals surface area (Å²) in [6.45, 7) is 5.60. The summed E-state index contributed by atoms with van der Waals surface area (Å²) in [6.07, 6.45) is 4.44. The Balaban J connectivity index is 2.66. The first-order valence-corrected chi connectivity index (χ1v) is 9.36. The van der Waals surface area contributed by atoms with E-state index in [1.165, 1.54) is 6.42 Å². The zero-order chi connectivity index (χ0) is 15.2. The molecule has 1 fully saturated rings. The lowest BCUT2D eigenvalue weighted by atomic mass is 9.97. The second-order valence-corrected chi connectivity index (χ2v) is 8.01. The van der Waals surface area contributed by atoms with Gasteiger partial charge in [0.15, 0.2) is 9.84 Å². The van der Waals surface area contributed by atoms with Gasteiger partial charge in [-0.3, -0.25) is 9.69 Å². The Morgan fingerprint density at radius 2 is 2.10 bits per heavy atom. The third kappa shape index (κ3) is 5.79. The molecule has 2 atom stereocenters. The van der Waals surface area contributed by atoms with Gasteiger partial charge in [-0.2, -0.15) is 0 Å². The fourth-order valence-electron chi connectivity index (χ4n) is 2.80. The van der Waals surface area contributed by atoms with E-state index in [9.17, 15) is 13.2 Å². The fourth-order valence-corrected chi connectivity index (χ4v) is 4.39. The van der Waals surface area contributed by atoms with Gasteiger partial charge in [0.2, 0.25) is 0 Å². The van der Waals surface area contributed by atoms with E-state index < -0.39 is 15.8 Å². The molecule has 1 heterocycles. The number of carboxylic acids is 1. The van der Waals surface area contributed by atoms with E-state index in [4.69, 9.17) is 5.11 Å². The number of carbonyl (C=O) groups is 1. The molecule has 0 aromatic rings. The van der Waals surface area contributed by atoms with E-state index in [1.807, 2.05) is 0 Å². The molecule has 1 N–H and O–H groups in total. The lowest BCUT2D eigenvalue weighted by molar-refractivity contribution is -0.138. The highest BCUT2D eigenvalue weighted by Crippen LogP contribution is 2.20. The van der Waals surface area contributed by atoms with Gasteiger partial charge in [0.25, 0.3) is 0 Å². The maximum atomic E-state index is 11.7. The zero-order valence-electron chi connectivity index (χ0n) is 12.5. The van der Waals surface area contributed by atoms with Gasteiger partial charge < -0.3 is 5.11 Å². The van der Waals surface area contributed by atoms with Gasteiger partial charge >= 0.3 is 5.97 Å². The Hall–Kier alpha value is -0.620. The number of nitrogens with zero attached hydrogens (tertiary/aromatic N) is 1. The van der Waals surface area contributed by atoms with Crippen LogP contribution in [0.3, 0.4) is 0 Å². The molecule has 20 heavy (non-hydrogen) atoms. The Morgan fingerprint density at radius 1 is 1.40 bits per heavy atom. The molecule has 0 spiro atoms. The molecule has 118 valence electrons. The van der Waals surface area contributed by atoms with Crippen molar-refractivity contribution >= 4 is 15.8 Å². The molecule has 5 nitrogen and oxygen atoms in total. The van der Waals surface area contributed by atoms with Crippen LogP contribution in [-0.4, -0.2) is 55.0 Å². The highest BCUT2D eigenvalue weighted by atomic mass is 32.2. The molecular weight excluding hydrogens is 278 g/mol. The van der Waals surface area contributed by atoms with Gasteiger partial charge in [-0.05, 0) is 12.3 Å². The van der Waals surface area contributed by atoms with E-state index in [0.717, 1.165) is 25.8 Å². The normalized spacial score (nSPS) is 24.4. The minimum Gasteiger partial charge on any atom is -0.481 e. The smallest absolute Gasteiger partial charge is 0.304 e. The van der Waals surface area contributed by atoms with Crippen molar-refractivity contribution in [2.75, 3.05) is 24.6 Å². The van der Waals surface area contributed by atoms with Crippen LogP contribution in [0.25, 0.3) is 0 Å². The number of unbranched alkanes of at least 4 members (excludes halogenated alkanes) is 1. The molecule has 0 aromatic heterocycles. The van der Waals surface area contributed by atoms with Gasteiger partial charge in [-0.25, -0.2) is 8.42 Å². The second-order valence-electron chi connectivity index (χ2n) is 5.78. The zero-order valence-corrected chi connectivity index (χ0v) is 13.4. The fraction of sp³-hybridized carbons (Fsp3) is 0.929. The van der Waals surface area contributed by atoms with Gasteiger partial charge in [0.05, 0.1) is 17.9 Å². The van der Waals surface area contributed by atoms with Crippen molar-refractivity contribution in [1.29, 1.82) is 0 Å². The summed E-state index contributed by atoms with van der Waals surface area (Å²) in [4.78, 5) is 13.0. The summed E-state index contributed by atoms with van der Waals surface area (Å²) in [5.41, 5.74) is 0. The predicted molar refractivity (Wildman–Crippen MR) is 79.6 cm³/mol. The topological polar surface area (TPSA) is 74.7 Å². The van der Waals surface area contributed by atoms with E-state index in [-0.39, 0.29) is 24.0 Å². The summed E-state index contributed by atoms with van der Waals surface area (Å²) in [5, 5.41) is 8.96. The number of hydrogen-bond acceptors (Lipinski definition) is 4. The second kappa shape index (κ2) is 7.98. The van der Waals surface area contributed by atoms with Crippen molar-refractivity contribution in [2.24, 2.45) is 5.92 Å². The summed E-state index contributed by atoms with van der Waals surface area (Å²) in [7, 11) is -3.07. The van der Waals surface area contributed by atoms with Gasteiger partial charge in [-0.15, -0.1) is 0 Å². The summed E-state index contributed by atoms with van der Waals surface area (Å²) in [5.74, 6) is -0.234. The van der Waals surface area contributed by atoms with Crippen LogP contribution < -0.4 is 0 Å². The average molecular weight is 305 g/mol. The van der Waals surface area contributed by atoms with Crippen LogP contribution in [0.4, 0.5) is 0 Å². The Bertz CT molecular complexity index is 407. The molecule has 1 rings (SSSR count). The van der Waals surface area contributed by atoms with Crippen molar-refractivity contribution in [1.82, 2.24) is 4.90 Å². The Labute approximate surface area is 122 Å². The van der Waals surface area contributed by atoms with Crippen LogP contribution in [0.1, 0.15) is 46.0 Å². The molecule has 0 amide bonds. The first kappa shape index (κ1) is 17.4. The number of rotatable bonds is 8. The molecule has 0 aromatic carbocycles. The van der Waals surface area contributed by atoms with Crippen LogP contribution in [0.5, 0.6) is 0 Å². The summed E-state index contributed by atoms with van der Waals surface area (Å²) in [6, 6.07) is -0.359.